The van der Waals surface area contributed by atoms with Gasteiger partial charge in [-0.15, -0.1) is 0 Å². The molecule has 1 aliphatic heterocycles. The van der Waals surface area contributed by atoms with Crippen LogP contribution in [0.1, 0.15) is 74.2 Å². The van der Waals surface area contributed by atoms with Crippen LogP contribution >= 0.6 is 11.6 Å². The number of aromatic hydroxyl groups is 1. The lowest BCUT2D eigenvalue weighted by Gasteiger charge is -2.31. The van der Waals surface area contributed by atoms with Gasteiger partial charge in [0.2, 0.25) is 0 Å². The molecule has 5 heteroatoms. The lowest BCUT2D eigenvalue weighted by atomic mass is 9.99. The van der Waals surface area contributed by atoms with Gasteiger partial charge in [-0.25, -0.2) is 0 Å². The first-order chi connectivity index (χ1) is 15.1. The minimum Gasteiger partial charge on any atom is -0.508 e. The number of unbranched alkanes of at least 4 members (excludes halogenated alkanes) is 3. The molecule has 1 atom stereocenters. The Morgan fingerprint density at radius 2 is 1.81 bits per heavy atom. The topological polar surface area (TPSA) is 52.6 Å². The second-order valence-electron chi connectivity index (χ2n) is 8.60. The highest BCUT2D eigenvalue weighted by Gasteiger charge is 2.21. The molecule has 0 radical (unpaired) electrons. The zero-order chi connectivity index (χ0) is 22.1. The summed E-state index contributed by atoms with van der Waals surface area (Å²) >= 11 is 6.28. The first-order valence-corrected chi connectivity index (χ1v) is 12.1. The smallest absolute Gasteiger partial charge is 0.253 e. The molecule has 0 bridgehead atoms. The summed E-state index contributed by atoms with van der Waals surface area (Å²) in [6.45, 7) is 4.17. The van der Waals surface area contributed by atoms with E-state index in [0.717, 1.165) is 56.4 Å². The number of amides is 1. The molecule has 1 heterocycles. The first kappa shape index (κ1) is 23.5. The monoisotopic (exact) mass is 442 g/mol. The maximum Gasteiger partial charge on any atom is 0.253 e. The van der Waals surface area contributed by atoms with E-state index in [2.05, 4.69) is 17.1 Å². The zero-order valence-corrected chi connectivity index (χ0v) is 19.3. The van der Waals surface area contributed by atoms with Crippen molar-refractivity contribution in [3.8, 4) is 5.75 Å². The summed E-state index contributed by atoms with van der Waals surface area (Å²) in [5.41, 5.74) is 2.76. The number of hydrogen-bond donors (Lipinski definition) is 2. The number of benzene rings is 2. The minimum absolute atomic E-state index is 0.0436. The summed E-state index contributed by atoms with van der Waals surface area (Å²) < 4.78 is 0. The Balaban J connectivity index is 1.75. The highest BCUT2D eigenvalue weighted by Crippen LogP contribution is 2.27. The summed E-state index contributed by atoms with van der Waals surface area (Å²) in [7, 11) is 0. The molecule has 0 spiro atoms. The van der Waals surface area contributed by atoms with Crippen LogP contribution in [0.5, 0.6) is 5.75 Å². The molecule has 3 rings (SSSR count). The van der Waals surface area contributed by atoms with Crippen molar-refractivity contribution in [1.82, 2.24) is 5.32 Å². The van der Waals surface area contributed by atoms with Gasteiger partial charge in [-0.3, -0.25) is 4.79 Å². The van der Waals surface area contributed by atoms with Crippen LogP contribution in [0.15, 0.2) is 42.5 Å². The van der Waals surface area contributed by atoms with Crippen molar-refractivity contribution < 1.29 is 9.90 Å². The number of hydrogen-bond acceptors (Lipinski definition) is 3. The number of nitrogens with zero attached hydrogens (tertiary/aromatic N) is 1. The maximum absolute atomic E-state index is 13.4. The Morgan fingerprint density at radius 3 is 2.52 bits per heavy atom. The van der Waals surface area contributed by atoms with Crippen molar-refractivity contribution in [2.75, 3.05) is 18.0 Å². The van der Waals surface area contributed by atoms with Crippen LogP contribution in [-0.4, -0.2) is 30.1 Å². The van der Waals surface area contributed by atoms with Crippen molar-refractivity contribution in [3.63, 3.8) is 0 Å². The standard InChI is InChI=1S/C26H35ClN2O2/c1-2-3-4-6-9-22(18-20-10-13-23(30)14-11-20)28-26(31)24-19-21(27)12-15-25(24)29-16-7-5-8-17-29/h10-15,19,22,30H,2-9,16-18H2,1H3,(H,28,31)/t22-/m0/s1. The van der Waals surface area contributed by atoms with Gasteiger partial charge in [-0.05, 0) is 68.0 Å². The highest BCUT2D eigenvalue weighted by atomic mass is 35.5. The second kappa shape index (κ2) is 12.0. The average molecular weight is 443 g/mol. The number of halogens is 1. The Bertz CT molecular complexity index is 832. The van der Waals surface area contributed by atoms with Crippen molar-refractivity contribution in [2.45, 2.75) is 70.8 Å². The number of carbonyl (C=O) groups is 1. The number of carbonyl (C=O) groups excluding carboxylic acids is 1. The van der Waals surface area contributed by atoms with Crippen LogP contribution in [0.3, 0.4) is 0 Å². The third-order valence-corrected chi connectivity index (χ3v) is 6.29. The van der Waals surface area contributed by atoms with Gasteiger partial charge in [-0.1, -0.05) is 56.3 Å². The van der Waals surface area contributed by atoms with Crippen molar-refractivity contribution in [3.05, 3.63) is 58.6 Å². The normalized spacial score (nSPS) is 15.0. The number of rotatable bonds is 10. The van der Waals surface area contributed by atoms with Gasteiger partial charge in [0.25, 0.3) is 5.91 Å². The summed E-state index contributed by atoms with van der Waals surface area (Å²) in [6, 6.07) is 13.0. The van der Waals surface area contributed by atoms with E-state index in [1.807, 2.05) is 24.3 Å². The Labute approximate surface area is 191 Å². The van der Waals surface area contributed by atoms with Crippen molar-refractivity contribution in [2.24, 2.45) is 0 Å². The van der Waals surface area contributed by atoms with Crippen LogP contribution in [0.2, 0.25) is 5.02 Å². The second-order valence-corrected chi connectivity index (χ2v) is 9.04. The average Bonchev–Trinajstić information content (AvgIpc) is 2.78. The quantitative estimate of drug-likeness (QED) is 0.421. The molecule has 0 saturated carbocycles. The molecule has 1 fully saturated rings. The van der Waals surface area contributed by atoms with Crippen LogP contribution in [0.4, 0.5) is 5.69 Å². The van der Waals surface area contributed by atoms with Gasteiger partial charge in [0.15, 0.2) is 0 Å². The molecule has 31 heavy (non-hydrogen) atoms. The number of piperidine rings is 1. The third-order valence-electron chi connectivity index (χ3n) is 6.06. The van der Waals surface area contributed by atoms with E-state index in [-0.39, 0.29) is 17.7 Å². The van der Waals surface area contributed by atoms with Gasteiger partial charge in [-0.2, -0.15) is 0 Å². The number of phenolic OH excluding ortho intramolecular Hbond substituents is 1. The summed E-state index contributed by atoms with van der Waals surface area (Å²) in [4.78, 5) is 15.7. The molecule has 0 aliphatic carbocycles. The van der Waals surface area contributed by atoms with Gasteiger partial charge in [0.05, 0.1) is 5.56 Å². The first-order valence-electron chi connectivity index (χ1n) is 11.7. The largest absolute Gasteiger partial charge is 0.508 e. The highest BCUT2D eigenvalue weighted by molar-refractivity contribution is 6.31. The molecular weight excluding hydrogens is 408 g/mol. The SMILES string of the molecule is CCCCCC[C@@H](Cc1ccc(O)cc1)NC(=O)c1cc(Cl)ccc1N1CCCCC1. The number of anilines is 1. The molecule has 1 amide bonds. The molecular formula is C26H35ClN2O2. The van der Waals surface area contributed by atoms with Crippen molar-refractivity contribution >= 4 is 23.2 Å². The molecule has 2 N–H and O–H groups in total. The van der Waals surface area contributed by atoms with Gasteiger partial charge in [0, 0.05) is 29.8 Å². The summed E-state index contributed by atoms with van der Waals surface area (Å²) in [5, 5.41) is 13.5. The zero-order valence-electron chi connectivity index (χ0n) is 18.6. The van der Waals surface area contributed by atoms with Gasteiger partial charge < -0.3 is 15.3 Å². The van der Waals surface area contributed by atoms with E-state index < -0.39 is 0 Å². The molecule has 168 valence electrons. The number of phenols is 1. The maximum atomic E-state index is 13.4. The van der Waals surface area contributed by atoms with Gasteiger partial charge >= 0.3 is 0 Å². The molecule has 2 aromatic carbocycles. The molecule has 0 aromatic heterocycles. The fourth-order valence-electron chi connectivity index (χ4n) is 4.32. The molecule has 2 aromatic rings. The molecule has 1 saturated heterocycles. The van der Waals surface area contributed by atoms with E-state index >= 15 is 0 Å². The van der Waals surface area contributed by atoms with E-state index in [1.165, 1.54) is 25.7 Å². The third kappa shape index (κ3) is 7.17. The van der Waals surface area contributed by atoms with E-state index in [0.29, 0.717) is 10.6 Å². The Hall–Kier alpha value is -2.20. The summed E-state index contributed by atoms with van der Waals surface area (Å²) in [6.07, 6.45) is 9.92. The fourth-order valence-corrected chi connectivity index (χ4v) is 4.50. The van der Waals surface area contributed by atoms with E-state index in [9.17, 15) is 9.90 Å². The molecule has 1 aliphatic rings. The molecule has 0 unspecified atom stereocenters. The van der Waals surface area contributed by atoms with Crippen molar-refractivity contribution in [1.29, 1.82) is 0 Å². The Morgan fingerprint density at radius 1 is 1.06 bits per heavy atom. The van der Waals surface area contributed by atoms with E-state index in [1.54, 1.807) is 18.2 Å². The minimum atomic E-state index is -0.0534. The van der Waals surface area contributed by atoms with Crippen LogP contribution in [0.25, 0.3) is 0 Å². The number of nitrogens with one attached hydrogen (secondary N) is 1. The van der Waals surface area contributed by atoms with Crippen LogP contribution < -0.4 is 10.2 Å². The van der Waals surface area contributed by atoms with Crippen LogP contribution in [-0.2, 0) is 6.42 Å². The predicted octanol–water partition coefficient (Wildman–Crippen LogP) is 6.35. The van der Waals surface area contributed by atoms with Gasteiger partial charge in [0.1, 0.15) is 5.75 Å². The predicted molar refractivity (Wildman–Crippen MR) is 129 cm³/mol. The van der Waals surface area contributed by atoms with Crippen LogP contribution in [0, 0.1) is 0 Å². The Kier molecular flexibility index (Phi) is 9.08. The molecule has 4 nitrogen and oxygen atoms in total. The summed E-state index contributed by atoms with van der Waals surface area (Å²) in [5.74, 6) is 0.208. The van der Waals surface area contributed by atoms with E-state index in [4.69, 9.17) is 11.6 Å². The lowest BCUT2D eigenvalue weighted by Crippen LogP contribution is -2.38. The fraction of sp³-hybridized carbons (Fsp3) is 0.500. The lowest BCUT2D eigenvalue weighted by molar-refractivity contribution is 0.0934.